The maximum absolute atomic E-state index is 11.4. The van der Waals surface area contributed by atoms with Gasteiger partial charge in [0.15, 0.2) is 0 Å². The van der Waals surface area contributed by atoms with Crippen LogP contribution in [0.15, 0.2) is 12.2 Å². The summed E-state index contributed by atoms with van der Waals surface area (Å²) < 4.78 is 4.97. The van der Waals surface area contributed by atoms with Gasteiger partial charge in [-0.15, -0.1) is 0 Å². The van der Waals surface area contributed by atoms with Crippen molar-refractivity contribution in [1.29, 1.82) is 0 Å². The lowest BCUT2D eigenvalue weighted by atomic mass is 10.2. The molecule has 1 heterocycles. The Bertz CT molecular complexity index is 331. The fourth-order valence-corrected chi connectivity index (χ4v) is 1.65. The maximum atomic E-state index is 11.4. The number of rotatable bonds is 8. The molecule has 1 aliphatic rings. The van der Waals surface area contributed by atoms with Gasteiger partial charge >= 0.3 is 5.97 Å². The molecular formula is C13H19NO4. The third kappa shape index (κ3) is 4.69. The van der Waals surface area contributed by atoms with Crippen LogP contribution in [-0.2, 0) is 19.1 Å². The van der Waals surface area contributed by atoms with Crippen LogP contribution >= 0.6 is 0 Å². The highest BCUT2D eigenvalue weighted by atomic mass is 16.5. The minimum Gasteiger partial charge on any atom is -0.464 e. The topological polar surface area (TPSA) is 63.7 Å². The molecule has 18 heavy (non-hydrogen) atoms. The normalized spacial score (nSPS) is 14.4. The third-order valence-corrected chi connectivity index (χ3v) is 2.70. The van der Waals surface area contributed by atoms with Gasteiger partial charge in [-0.2, -0.15) is 0 Å². The Hall–Kier alpha value is -1.65. The van der Waals surface area contributed by atoms with Crippen molar-refractivity contribution in [2.75, 3.05) is 13.2 Å². The van der Waals surface area contributed by atoms with E-state index in [0.717, 1.165) is 36.3 Å². The molecule has 0 spiro atoms. The second-order valence-electron chi connectivity index (χ2n) is 4.23. The fourth-order valence-electron chi connectivity index (χ4n) is 1.65. The quantitative estimate of drug-likeness (QED) is 0.373. The Morgan fingerprint density at radius 2 is 1.72 bits per heavy atom. The number of hydrogen-bond donors (Lipinski definition) is 0. The molecular weight excluding hydrogens is 234 g/mol. The molecule has 0 aromatic heterocycles. The van der Waals surface area contributed by atoms with E-state index in [1.54, 1.807) is 0 Å². The highest BCUT2D eigenvalue weighted by molar-refractivity contribution is 6.14. The third-order valence-electron chi connectivity index (χ3n) is 2.70. The maximum Gasteiger partial charge on any atom is 0.326 e. The van der Waals surface area contributed by atoms with E-state index in [9.17, 15) is 14.4 Å². The minimum atomic E-state index is -0.532. The van der Waals surface area contributed by atoms with Gasteiger partial charge in [0.1, 0.15) is 6.54 Å². The zero-order valence-corrected chi connectivity index (χ0v) is 10.7. The number of imide groups is 1. The molecule has 2 amide bonds. The van der Waals surface area contributed by atoms with Crippen LogP contribution in [-0.4, -0.2) is 35.8 Å². The summed E-state index contributed by atoms with van der Waals surface area (Å²) in [6.07, 6.45) is 7.67. The molecule has 0 atom stereocenters. The van der Waals surface area contributed by atoms with Crippen LogP contribution in [0.25, 0.3) is 0 Å². The number of carbonyl (C=O) groups is 3. The fraction of sp³-hybridized carbons (Fsp3) is 0.615. The van der Waals surface area contributed by atoms with E-state index in [0.29, 0.717) is 6.61 Å². The predicted octanol–water partition coefficient (Wildman–Crippen LogP) is 1.43. The standard InChI is InChI=1S/C13H19NO4/c1-2-3-4-5-6-9-18-13(17)10-14-11(15)7-8-12(14)16/h7-8H,2-6,9-10H2,1H3. The molecule has 1 aliphatic heterocycles. The summed E-state index contributed by atoms with van der Waals surface area (Å²) in [5.74, 6) is -1.45. The first-order valence-corrected chi connectivity index (χ1v) is 6.34. The molecule has 0 aliphatic carbocycles. The van der Waals surface area contributed by atoms with Gasteiger partial charge in [-0.05, 0) is 6.42 Å². The number of amides is 2. The number of ether oxygens (including phenoxy) is 1. The summed E-state index contributed by atoms with van der Waals surface area (Å²) in [6, 6.07) is 0. The molecule has 1 rings (SSSR count). The Morgan fingerprint density at radius 3 is 2.33 bits per heavy atom. The Morgan fingerprint density at radius 1 is 1.11 bits per heavy atom. The van der Waals surface area contributed by atoms with E-state index in [2.05, 4.69) is 6.92 Å². The van der Waals surface area contributed by atoms with Crippen molar-refractivity contribution >= 4 is 17.8 Å². The Labute approximate surface area is 107 Å². The van der Waals surface area contributed by atoms with Gasteiger partial charge in [-0.25, -0.2) is 0 Å². The van der Waals surface area contributed by atoms with Crippen molar-refractivity contribution in [1.82, 2.24) is 4.90 Å². The number of nitrogens with zero attached hydrogens (tertiary/aromatic N) is 1. The van der Waals surface area contributed by atoms with Crippen molar-refractivity contribution in [3.8, 4) is 0 Å². The van der Waals surface area contributed by atoms with Crippen LogP contribution in [0.2, 0.25) is 0 Å². The predicted molar refractivity (Wildman–Crippen MR) is 65.6 cm³/mol. The van der Waals surface area contributed by atoms with Crippen molar-refractivity contribution in [2.24, 2.45) is 0 Å². The Kier molecular flexibility index (Phi) is 6.11. The summed E-state index contributed by atoms with van der Waals surface area (Å²) >= 11 is 0. The first-order valence-electron chi connectivity index (χ1n) is 6.34. The second kappa shape index (κ2) is 7.63. The second-order valence-corrected chi connectivity index (χ2v) is 4.23. The lowest BCUT2D eigenvalue weighted by Crippen LogP contribution is -2.35. The van der Waals surface area contributed by atoms with Gasteiger partial charge in [-0.3, -0.25) is 19.3 Å². The van der Waals surface area contributed by atoms with Gasteiger partial charge in [-0.1, -0.05) is 32.6 Å². The molecule has 5 nitrogen and oxygen atoms in total. The van der Waals surface area contributed by atoms with Gasteiger partial charge < -0.3 is 4.74 Å². The first kappa shape index (κ1) is 14.4. The van der Waals surface area contributed by atoms with Gasteiger partial charge in [0, 0.05) is 12.2 Å². The molecule has 0 unspecified atom stereocenters. The molecule has 100 valence electrons. The van der Waals surface area contributed by atoms with E-state index in [-0.39, 0.29) is 6.54 Å². The SMILES string of the molecule is CCCCCCCOC(=O)CN1C(=O)C=CC1=O. The smallest absolute Gasteiger partial charge is 0.326 e. The van der Waals surface area contributed by atoms with Crippen molar-refractivity contribution < 1.29 is 19.1 Å². The van der Waals surface area contributed by atoms with E-state index < -0.39 is 17.8 Å². The van der Waals surface area contributed by atoms with Crippen molar-refractivity contribution in [3.05, 3.63) is 12.2 Å². The summed E-state index contributed by atoms with van der Waals surface area (Å²) in [5.41, 5.74) is 0. The van der Waals surface area contributed by atoms with Crippen molar-refractivity contribution in [3.63, 3.8) is 0 Å². The van der Waals surface area contributed by atoms with E-state index in [1.165, 1.54) is 12.8 Å². The minimum absolute atomic E-state index is 0.292. The lowest BCUT2D eigenvalue weighted by molar-refractivity contribution is -0.151. The molecule has 0 saturated carbocycles. The largest absolute Gasteiger partial charge is 0.464 e. The molecule has 0 aromatic rings. The zero-order chi connectivity index (χ0) is 13.4. The Balaban J connectivity index is 2.11. The summed E-state index contributed by atoms with van der Waals surface area (Å²) in [5, 5.41) is 0. The molecule has 0 fully saturated rings. The highest BCUT2D eigenvalue weighted by Crippen LogP contribution is 2.05. The molecule has 0 aromatic carbocycles. The summed E-state index contributed by atoms with van der Waals surface area (Å²) in [4.78, 5) is 34.6. The average Bonchev–Trinajstić information content (AvgIpc) is 2.65. The average molecular weight is 253 g/mol. The molecule has 0 radical (unpaired) electrons. The molecule has 5 heteroatoms. The van der Waals surface area contributed by atoms with E-state index in [4.69, 9.17) is 4.74 Å². The van der Waals surface area contributed by atoms with Crippen LogP contribution < -0.4 is 0 Å². The van der Waals surface area contributed by atoms with E-state index >= 15 is 0 Å². The van der Waals surface area contributed by atoms with Crippen LogP contribution in [0.4, 0.5) is 0 Å². The van der Waals surface area contributed by atoms with Crippen LogP contribution in [0.1, 0.15) is 39.0 Å². The van der Waals surface area contributed by atoms with E-state index in [1.807, 2.05) is 0 Å². The summed E-state index contributed by atoms with van der Waals surface area (Å²) in [6.45, 7) is 2.20. The van der Waals surface area contributed by atoms with Crippen LogP contribution in [0.3, 0.4) is 0 Å². The van der Waals surface area contributed by atoms with Crippen LogP contribution in [0.5, 0.6) is 0 Å². The zero-order valence-electron chi connectivity index (χ0n) is 10.7. The summed E-state index contributed by atoms with van der Waals surface area (Å²) in [7, 11) is 0. The van der Waals surface area contributed by atoms with Gasteiger partial charge in [0.25, 0.3) is 11.8 Å². The van der Waals surface area contributed by atoms with Gasteiger partial charge in [0.2, 0.25) is 0 Å². The van der Waals surface area contributed by atoms with Gasteiger partial charge in [0.05, 0.1) is 6.61 Å². The monoisotopic (exact) mass is 253 g/mol. The number of hydrogen-bond acceptors (Lipinski definition) is 4. The van der Waals surface area contributed by atoms with Crippen molar-refractivity contribution in [2.45, 2.75) is 39.0 Å². The lowest BCUT2D eigenvalue weighted by Gasteiger charge is -2.12. The molecule has 0 N–H and O–H groups in total. The number of carbonyl (C=O) groups excluding carboxylic acids is 3. The molecule has 0 saturated heterocycles. The molecule has 0 bridgehead atoms. The number of unbranched alkanes of at least 4 members (excludes halogenated alkanes) is 4. The first-order chi connectivity index (χ1) is 8.65. The highest BCUT2D eigenvalue weighted by Gasteiger charge is 2.25. The van der Waals surface area contributed by atoms with Crippen LogP contribution in [0, 0.1) is 0 Å². The number of esters is 1.